The minimum absolute atomic E-state index is 1.11. The molecule has 0 aliphatic carbocycles. The summed E-state index contributed by atoms with van der Waals surface area (Å²) >= 11 is 0. The summed E-state index contributed by atoms with van der Waals surface area (Å²) in [5.41, 5.74) is 1.61. The molecule has 3 nitrogen and oxygen atoms in total. The third-order valence-electron chi connectivity index (χ3n) is 2.66. The summed E-state index contributed by atoms with van der Waals surface area (Å²) in [4.78, 5) is 2.33. The van der Waals surface area contributed by atoms with Crippen LogP contribution in [0.15, 0.2) is 11.4 Å². The smallest absolute Gasteiger partial charge is 0.100 e. The molecule has 0 aromatic carbocycles. The largest absolute Gasteiger partial charge is 0.370 e. The molecular weight excluding hydrogens is 150 g/mol. The first-order valence-corrected chi connectivity index (χ1v) is 4.75. The summed E-state index contributed by atoms with van der Waals surface area (Å²) in [6.45, 7) is 4.57. The van der Waals surface area contributed by atoms with E-state index in [1.54, 1.807) is 5.57 Å². The molecule has 0 atom stereocenters. The Balaban J connectivity index is 2.10. The fourth-order valence-electron chi connectivity index (χ4n) is 1.95. The molecule has 0 amide bonds. The molecular formula is C9H17N3. The number of hydrogen-bond acceptors (Lipinski definition) is 3. The molecule has 0 bridgehead atoms. The zero-order valence-corrected chi connectivity index (χ0v) is 7.69. The van der Waals surface area contributed by atoms with E-state index in [9.17, 15) is 0 Å². The molecule has 2 fully saturated rings. The van der Waals surface area contributed by atoms with Gasteiger partial charge in [-0.15, -0.1) is 0 Å². The summed E-state index contributed by atoms with van der Waals surface area (Å²) in [5, 5.41) is 6.83. The van der Waals surface area contributed by atoms with E-state index in [0.29, 0.717) is 0 Å². The van der Waals surface area contributed by atoms with Gasteiger partial charge in [0.1, 0.15) is 5.82 Å². The van der Waals surface area contributed by atoms with E-state index in [1.165, 1.54) is 18.7 Å². The zero-order chi connectivity index (χ0) is 8.39. The van der Waals surface area contributed by atoms with Gasteiger partial charge in [-0.1, -0.05) is 0 Å². The highest BCUT2D eigenvalue weighted by Crippen LogP contribution is 2.18. The molecule has 3 heteroatoms. The molecule has 0 aromatic heterocycles. The summed E-state index contributed by atoms with van der Waals surface area (Å²) in [6.07, 6.45) is 2.43. The van der Waals surface area contributed by atoms with Crippen LogP contribution in [0.3, 0.4) is 0 Å². The van der Waals surface area contributed by atoms with Crippen LogP contribution in [-0.4, -0.2) is 38.1 Å². The van der Waals surface area contributed by atoms with Gasteiger partial charge in [-0.3, -0.25) is 0 Å². The maximum atomic E-state index is 3.45. The minimum Gasteiger partial charge on any atom is -0.370 e. The Morgan fingerprint density at radius 3 is 2.50 bits per heavy atom. The second-order valence-electron chi connectivity index (χ2n) is 3.55. The van der Waals surface area contributed by atoms with Crippen LogP contribution in [0.1, 0.15) is 12.8 Å². The van der Waals surface area contributed by atoms with Crippen molar-refractivity contribution in [1.29, 1.82) is 0 Å². The number of piperidine rings is 1. The Hall–Kier alpha value is -0.700. The highest BCUT2D eigenvalue weighted by molar-refractivity contribution is 5.16. The topological polar surface area (TPSA) is 27.3 Å². The molecule has 2 saturated heterocycles. The van der Waals surface area contributed by atoms with Crippen molar-refractivity contribution in [2.75, 3.05) is 33.2 Å². The van der Waals surface area contributed by atoms with Gasteiger partial charge >= 0.3 is 0 Å². The summed E-state index contributed by atoms with van der Waals surface area (Å²) in [5.74, 6) is 1.40. The van der Waals surface area contributed by atoms with E-state index in [2.05, 4.69) is 22.6 Å². The molecule has 0 aromatic rings. The van der Waals surface area contributed by atoms with Gasteiger partial charge < -0.3 is 15.5 Å². The van der Waals surface area contributed by atoms with Gasteiger partial charge in [0.05, 0.1) is 0 Å². The first-order valence-electron chi connectivity index (χ1n) is 4.75. The van der Waals surface area contributed by atoms with Crippen LogP contribution in [0, 0.1) is 0 Å². The van der Waals surface area contributed by atoms with Gasteiger partial charge in [0.25, 0.3) is 0 Å². The molecule has 2 aliphatic rings. The molecule has 2 heterocycles. The highest BCUT2D eigenvalue weighted by atomic mass is 15.3. The van der Waals surface area contributed by atoms with Crippen LogP contribution < -0.4 is 10.6 Å². The molecule has 0 saturated carbocycles. The van der Waals surface area contributed by atoms with Crippen molar-refractivity contribution in [2.45, 2.75) is 12.8 Å². The van der Waals surface area contributed by atoms with Gasteiger partial charge in [-0.05, 0) is 31.5 Å². The molecule has 12 heavy (non-hydrogen) atoms. The third-order valence-corrected chi connectivity index (χ3v) is 2.66. The van der Waals surface area contributed by atoms with Crippen LogP contribution >= 0.6 is 0 Å². The number of likely N-dealkylation sites (N-methyl/N-ethyl adjacent to an activating group) is 1. The Morgan fingerprint density at radius 2 is 1.92 bits per heavy atom. The second kappa shape index (κ2) is 3.35. The molecule has 2 aliphatic heterocycles. The summed E-state index contributed by atoms with van der Waals surface area (Å²) < 4.78 is 0. The lowest BCUT2D eigenvalue weighted by Crippen LogP contribution is -2.27. The van der Waals surface area contributed by atoms with Crippen molar-refractivity contribution in [3.05, 3.63) is 11.4 Å². The zero-order valence-electron chi connectivity index (χ0n) is 7.69. The van der Waals surface area contributed by atoms with E-state index < -0.39 is 0 Å². The fraction of sp³-hybridized carbons (Fsp3) is 0.778. The monoisotopic (exact) mass is 167 g/mol. The van der Waals surface area contributed by atoms with Crippen molar-refractivity contribution in [3.8, 4) is 0 Å². The quantitative estimate of drug-likeness (QED) is 0.536. The molecule has 0 radical (unpaired) electrons. The Bertz CT molecular complexity index is 190. The van der Waals surface area contributed by atoms with Crippen LogP contribution in [0.4, 0.5) is 0 Å². The molecule has 2 N–H and O–H groups in total. The number of nitrogens with one attached hydrogen (secondary N) is 2. The van der Waals surface area contributed by atoms with Gasteiger partial charge in [0, 0.05) is 20.1 Å². The SMILES string of the molecule is CN1CCNC1=C1CCNCC1. The van der Waals surface area contributed by atoms with E-state index in [4.69, 9.17) is 0 Å². The van der Waals surface area contributed by atoms with Crippen LogP contribution in [0.5, 0.6) is 0 Å². The average Bonchev–Trinajstić information content (AvgIpc) is 2.53. The lowest BCUT2D eigenvalue weighted by molar-refractivity contribution is 0.464. The van der Waals surface area contributed by atoms with Crippen LogP contribution in [-0.2, 0) is 0 Å². The van der Waals surface area contributed by atoms with E-state index in [0.717, 1.165) is 26.2 Å². The predicted molar refractivity (Wildman–Crippen MR) is 49.8 cm³/mol. The molecule has 2 rings (SSSR count). The first-order chi connectivity index (χ1) is 5.88. The van der Waals surface area contributed by atoms with E-state index >= 15 is 0 Å². The lowest BCUT2D eigenvalue weighted by Gasteiger charge is -2.21. The predicted octanol–water partition coefficient (Wildman–Crippen LogP) is 0.116. The van der Waals surface area contributed by atoms with Crippen molar-refractivity contribution in [3.63, 3.8) is 0 Å². The van der Waals surface area contributed by atoms with Crippen LogP contribution in [0.25, 0.3) is 0 Å². The highest BCUT2D eigenvalue weighted by Gasteiger charge is 2.17. The van der Waals surface area contributed by atoms with Gasteiger partial charge in [0.15, 0.2) is 0 Å². The van der Waals surface area contributed by atoms with E-state index in [1.807, 2.05) is 0 Å². The fourth-order valence-corrected chi connectivity index (χ4v) is 1.95. The second-order valence-corrected chi connectivity index (χ2v) is 3.55. The summed E-state index contributed by atoms with van der Waals surface area (Å²) in [7, 11) is 2.17. The van der Waals surface area contributed by atoms with Gasteiger partial charge in [-0.2, -0.15) is 0 Å². The normalized spacial score (nSPS) is 24.6. The minimum atomic E-state index is 1.11. The Labute approximate surface area is 73.8 Å². The Kier molecular flexibility index (Phi) is 2.21. The number of nitrogens with zero attached hydrogens (tertiary/aromatic N) is 1. The third kappa shape index (κ3) is 1.41. The molecule has 0 spiro atoms. The average molecular weight is 167 g/mol. The van der Waals surface area contributed by atoms with E-state index in [-0.39, 0.29) is 0 Å². The van der Waals surface area contributed by atoms with Crippen molar-refractivity contribution >= 4 is 0 Å². The first kappa shape index (κ1) is 7.92. The standard InChI is InChI=1S/C9H17N3/c1-12-7-6-11-9(12)8-2-4-10-5-3-8/h10-11H,2-7H2,1H3. The van der Waals surface area contributed by atoms with Crippen molar-refractivity contribution < 1.29 is 0 Å². The van der Waals surface area contributed by atoms with Gasteiger partial charge in [0.2, 0.25) is 0 Å². The van der Waals surface area contributed by atoms with Crippen LogP contribution in [0.2, 0.25) is 0 Å². The van der Waals surface area contributed by atoms with Gasteiger partial charge in [-0.25, -0.2) is 0 Å². The lowest BCUT2D eigenvalue weighted by atomic mass is 10.1. The maximum absolute atomic E-state index is 3.45. The maximum Gasteiger partial charge on any atom is 0.100 e. The molecule has 68 valence electrons. The number of hydrogen-bond donors (Lipinski definition) is 2. The van der Waals surface area contributed by atoms with Crippen molar-refractivity contribution in [2.24, 2.45) is 0 Å². The molecule has 0 unspecified atom stereocenters. The van der Waals surface area contributed by atoms with Crippen molar-refractivity contribution in [1.82, 2.24) is 15.5 Å². The number of rotatable bonds is 0. The summed E-state index contributed by atoms with van der Waals surface area (Å²) in [6, 6.07) is 0. The Morgan fingerprint density at radius 1 is 1.17 bits per heavy atom.